The lowest BCUT2D eigenvalue weighted by atomic mass is 9.78. The van der Waals surface area contributed by atoms with Crippen molar-refractivity contribution >= 4 is 24.3 Å². The minimum Gasteiger partial charge on any atom is -0.0654 e. The molecular weight excluding hydrogens is 468 g/mol. The molecule has 0 saturated carbocycles. The topological polar surface area (TPSA) is 0 Å². The molecule has 0 heteroatoms. The minimum absolute atomic E-state index is 0.0624. The van der Waals surface area contributed by atoms with Gasteiger partial charge in [0, 0.05) is 5.41 Å². The zero-order chi connectivity index (χ0) is 27.5. The number of hydrogen-bond acceptors (Lipinski definition) is 0. The highest BCUT2D eigenvalue weighted by molar-refractivity contribution is 5.71. The molecule has 0 aliphatic carbocycles. The molecule has 39 heavy (non-hydrogen) atoms. The van der Waals surface area contributed by atoms with Crippen molar-refractivity contribution < 1.29 is 0 Å². The van der Waals surface area contributed by atoms with Gasteiger partial charge in [-0.1, -0.05) is 162 Å². The highest BCUT2D eigenvalue weighted by atomic mass is 14.3. The molecule has 0 aromatic heterocycles. The smallest absolute Gasteiger partial charge is 0.0146 e. The van der Waals surface area contributed by atoms with Gasteiger partial charge in [-0.05, 0) is 70.2 Å². The van der Waals surface area contributed by atoms with E-state index in [1.807, 2.05) is 0 Å². The third kappa shape index (κ3) is 8.17. The van der Waals surface area contributed by atoms with E-state index in [-0.39, 0.29) is 5.41 Å². The molecule has 0 heterocycles. The van der Waals surface area contributed by atoms with Crippen LogP contribution in [-0.2, 0) is 18.3 Å². The molecule has 0 bridgehead atoms. The van der Waals surface area contributed by atoms with Crippen LogP contribution in [0.5, 0.6) is 0 Å². The van der Waals surface area contributed by atoms with E-state index in [9.17, 15) is 0 Å². The molecular formula is C39H44. The summed E-state index contributed by atoms with van der Waals surface area (Å²) in [5.41, 5.74) is 10.4. The quantitative estimate of drug-likeness (QED) is 0.166. The zero-order valence-electron chi connectivity index (χ0n) is 24.3. The summed E-state index contributed by atoms with van der Waals surface area (Å²) in [5.74, 6) is 0. The van der Waals surface area contributed by atoms with Gasteiger partial charge in [0.15, 0.2) is 0 Å². The standard InChI is InChI=1S/C39H44/c1-5-7-9-31-11-15-33(16-12-31)19-21-35-23-27-37(28-24-35)39(3,4)38-29-25-36(26-30-38)22-20-34-17-13-32(14-18-34)10-8-6-2/h11-30H,5-10H2,1-4H3. The van der Waals surface area contributed by atoms with Gasteiger partial charge in [-0.3, -0.25) is 0 Å². The van der Waals surface area contributed by atoms with Crippen LogP contribution < -0.4 is 0 Å². The highest BCUT2D eigenvalue weighted by Gasteiger charge is 2.22. The predicted molar refractivity (Wildman–Crippen MR) is 173 cm³/mol. The maximum atomic E-state index is 2.31. The second kappa shape index (κ2) is 13.9. The minimum atomic E-state index is -0.0624. The van der Waals surface area contributed by atoms with Gasteiger partial charge in [-0.15, -0.1) is 0 Å². The van der Waals surface area contributed by atoms with Gasteiger partial charge in [-0.2, -0.15) is 0 Å². The van der Waals surface area contributed by atoms with Gasteiger partial charge in [0.2, 0.25) is 0 Å². The summed E-state index contributed by atoms with van der Waals surface area (Å²) < 4.78 is 0. The van der Waals surface area contributed by atoms with E-state index in [2.05, 4.69) is 149 Å². The zero-order valence-corrected chi connectivity index (χ0v) is 24.3. The molecule has 0 fully saturated rings. The summed E-state index contributed by atoms with van der Waals surface area (Å²) in [5, 5.41) is 0. The number of hydrogen-bond donors (Lipinski definition) is 0. The van der Waals surface area contributed by atoms with Gasteiger partial charge in [0.25, 0.3) is 0 Å². The fraction of sp³-hybridized carbons (Fsp3) is 0.282. The lowest BCUT2D eigenvalue weighted by Crippen LogP contribution is -2.18. The number of unbranched alkanes of at least 4 members (excludes halogenated alkanes) is 2. The Hall–Kier alpha value is -3.64. The lowest BCUT2D eigenvalue weighted by Gasteiger charge is -2.26. The SMILES string of the molecule is CCCCc1ccc(C=Cc2ccc(C(C)(C)c3ccc(C=Cc4ccc(CCCC)cc4)cc3)cc2)cc1. The van der Waals surface area contributed by atoms with Crippen LogP contribution in [0.4, 0.5) is 0 Å². The molecule has 0 aliphatic rings. The Labute approximate surface area is 237 Å². The third-order valence-corrected chi connectivity index (χ3v) is 7.80. The largest absolute Gasteiger partial charge is 0.0654 e. The Morgan fingerprint density at radius 3 is 1.00 bits per heavy atom. The fourth-order valence-electron chi connectivity index (χ4n) is 4.93. The summed E-state index contributed by atoms with van der Waals surface area (Å²) in [7, 11) is 0. The predicted octanol–water partition coefficient (Wildman–Crippen LogP) is 11.0. The van der Waals surface area contributed by atoms with Gasteiger partial charge in [0.1, 0.15) is 0 Å². The molecule has 0 nitrogen and oxygen atoms in total. The second-order valence-electron chi connectivity index (χ2n) is 11.2. The van der Waals surface area contributed by atoms with Gasteiger partial charge >= 0.3 is 0 Å². The molecule has 4 aromatic rings. The Balaban J connectivity index is 1.37. The van der Waals surface area contributed by atoms with Crippen LogP contribution in [0.1, 0.15) is 97.9 Å². The molecule has 4 aromatic carbocycles. The number of benzene rings is 4. The molecule has 0 radical (unpaired) electrons. The van der Waals surface area contributed by atoms with Crippen LogP contribution in [-0.4, -0.2) is 0 Å². The first-order valence-electron chi connectivity index (χ1n) is 14.7. The summed E-state index contributed by atoms with van der Waals surface area (Å²) in [4.78, 5) is 0. The van der Waals surface area contributed by atoms with Crippen molar-refractivity contribution in [2.75, 3.05) is 0 Å². The van der Waals surface area contributed by atoms with E-state index in [1.54, 1.807) is 0 Å². The first kappa shape index (κ1) is 28.4. The van der Waals surface area contributed by atoms with Gasteiger partial charge in [-0.25, -0.2) is 0 Å². The Morgan fingerprint density at radius 2 is 0.718 bits per heavy atom. The first-order chi connectivity index (χ1) is 19.0. The van der Waals surface area contributed by atoms with Crippen molar-refractivity contribution in [3.8, 4) is 0 Å². The van der Waals surface area contributed by atoms with Crippen molar-refractivity contribution in [2.45, 2.75) is 71.6 Å². The second-order valence-corrected chi connectivity index (χ2v) is 11.2. The van der Waals surface area contributed by atoms with Crippen molar-refractivity contribution in [1.82, 2.24) is 0 Å². The Morgan fingerprint density at radius 1 is 0.436 bits per heavy atom. The van der Waals surface area contributed by atoms with E-state index in [0.717, 1.165) is 0 Å². The fourth-order valence-corrected chi connectivity index (χ4v) is 4.93. The molecule has 0 aliphatic heterocycles. The lowest BCUT2D eigenvalue weighted by molar-refractivity contribution is 0.641. The maximum absolute atomic E-state index is 2.31. The molecule has 0 saturated heterocycles. The molecule has 0 N–H and O–H groups in total. The molecule has 0 atom stereocenters. The van der Waals surface area contributed by atoms with Gasteiger partial charge < -0.3 is 0 Å². The van der Waals surface area contributed by atoms with Crippen LogP contribution in [0.2, 0.25) is 0 Å². The van der Waals surface area contributed by atoms with E-state index in [0.29, 0.717) is 0 Å². The van der Waals surface area contributed by atoms with Crippen LogP contribution in [0, 0.1) is 0 Å². The van der Waals surface area contributed by atoms with Gasteiger partial charge in [0.05, 0.1) is 0 Å². The summed E-state index contributed by atoms with van der Waals surface area (Å²) in [6.07, 6.45) is 16.2. The van der Waals surface area contributed by atoms with E-state index < -0.39 is 0 Å². The van der Waals surface area contributed by atoms with Crippen LogP contribution in [0.25, 0.3) is 24.3 Å². The summed E-state index contributed by atoms with van der Waals surface area (Å²) >= 11 is 0. The first-order valence-corrected chi connectivity index (χ1v) is 14.7. The van der Waals surface area contributed by atoms with E-state index in [4.69, 9.17) is 0 Å². The average Bonchev–Trinajstić information content (AvgIpc) is 2.98. The van der Waals surface area contributed by atoms with Crippen molar-refractivity contribution in [1.29, 1.82) is 0 Å². The molecule has 4 rings (SSSR count). The molecule has 200 valence electrons. The van der Waals surface area contributed by atoms with E-state index in [1.165, 1.54) is 83.0 Å². The normalized spacial score (nSPS) is 12.0. The monoisotopic (exact) mass is 512 g/mol. The van der Waals surface area contributed by atoms with E-state index >= 15 is 0 Å². The van der Waals surface area contributed by atoms with Crippen LogP contribution >= 0.6 is 0 Å². The Kier molecular flexibility index (Phi) is 10.1. The third-order valence-electron chi connectivity index (χ3n) is 7.80. The van der Waals surface area contributed by atoms with Crippen LogP contribution in [0.3, 0.4) is 0 Å². The molecule has 0 spiro atoms. The Bertz CT molecular complexity index is 1220. The van der Waals surface area contributed by atoms with Crippen molar-refractivity contribution in [3.63, 3.8) is 0 Å². The van der Waals surface area contributed by atoms with Crippen molar-refractivity contribution in [3.05, 3.63) is 142 Å². The number of aryl methyl sites for hydroxylation is 2. The number of rotatable bonds is 12. The molecule has 0 unspecified atom stereocenters. The summed E-state index contributed by atoms with van der Waals surface area (Å²) in [6.45, 7) is 9.10. The highest BCUT2D eigenvalue weighted by Crippen LogP contribution is 2.32. The van der Waals surface area contributed by atoms with Crippen LogP contribution in [0.15, 0.2) is 97.1 Å². The average molecular weight is 513 g/mol. The maximum Gasteiger partial charge on any atom is 0.0146 e. The molecule has 0 amide bonds. The summed E-state index contributed by atoms with van der Waals surface area (Å²) in [6, 6.07) is 35.9. The van der Waals surface area contributed by atoms with Crippen molar-refractivity contribution in [2.24, 2.45) is 0 Å².